The summed E-state index contributed by atoms with van der Waals surface area (Å²) in [7, 11) is 0. The van der Waals surface area contributed by atoms with Gasteiger partial charge in [-0.1, -0.05) is 39.5 Å². The minimum absolute atomic E-state index is 0.140. The molecule has 2 unspecified atom stereocenters. The number of carbonyl (C=O) groups is 4. The van der Waals surface area contributed by atoms with Gasteiger partial charge < -0.3 is 20.4 Å². The van der Waals surface area contributed by atoms with Gasteiger partial charge in [0.2, 0.25) is 0 Å². The number of unbranched alkanes of at least 4 members (excludes halogenated alkanes) is 3. The summed E-state index contributed by atoms with van der Waals surface area (Å²) in [5, 5.41) is 36.8. The zero-order valence-electron chi connectivity index (χ0n) is 14.0. The van der Waals surface area contributed by atoms with E-state index < -0.39 is 54.0 Å². The Morgan fingerprint density at radius 1 is 0.792 bits per heavy atom. The molecule has 8 nitrogen and oxygen atoms in total. The Morgan fingerprint density at radius 3 is 1.50 bits per heavy atom. The monoisotopic (exact) mass is 346 g/mol. The third kappa shape index (κ3) is 6.55. The number of hydrogen-bond donors (Lipinski definition) is 4. The van der Waals surface area contributed by atoms with Crippen LogP contribution in [-0.2, 0) is 19.2 Å². The van der Waals surface area contributed by atoms with Crippen LogP contribution in [0.2, 0.25) is 0 Å². The molecule has 24 heavy (non-hydrogen) atoms. The quantitative estimate of drug-likeness (QED) is 0.371. The Labute approximate surface area is 140 Å². The molecule has 0 aromatic heterocycles. The molecular formula is C16H26O8. The lowest BCUT2D eigenvalue weighted by molar-refractivity contribution is -0.164. The van der Waals surface area contributed by atoms with Crippen LogP contribution in [0, 0.1) is 17.3 Å². The van der Waals surface area contributed by atoms with Crippen molar-refractivity contribution in [2.75, 3.05) is 0 Å². The lowest BCUT2D eigenvalue weighted by Crippen LogP contribution is -2.45. The highest BCUT2D eigenvalue weighted by Gasteiger charge is 2.49. The van der Waals surface area contributed by atoms with Crippen molar-refractivity contribution in [3.8, 4) is 0 Å². The first-order valence-electron chi connectivity index (χ1n) is 7.95. The molecule has 0 heterocycles. The highest BCUT2D eigenvalue weighted by Crippen LogP contribution is 2.44. The summed E-state index contributed by atoms with van der Waals surface area (Å²) in [6.07, 6.45) is 1.70. The van der Waals surface area contributed by atoms with E-state index in [4.69, 9.17) is 10.2 Å². The largest absolute Gasteiger partial charge is 0.481 e. The Bertz CT molecular complexity index is 437. The van der Waals surface area contributed by atoms with Crippen LogP contribution in [0.5, 0.6) is 0 Å². The van der Waals surface area contributed by atoms with Crippen LogP contribution in [0.4, 0.5) is 0 Å². The predicted octanol–water partition coefficient (Wildman–Crippen LogP) is 2.31. The highest BCUT2D eigenvalue weighted by atomic mass is 16.4. The zero-order valence-corrected chi connectivity index (χ0v) is 14.0. The molecule has 0 saturated heterocycles. The Kier molecular flexibility index (Phi) is 9.02. The maximum atomic E-state index is 11.6. The summed E-state index contributed by atoms with van der Waals surface area (Å²) in [6.45, 7) is 3.36. The molecule has 0 aliphatic carbocycles. The van der Waals surface area contributed by atoms with Gasteiger partial charge >= 0.3 is 23.9 Å². The van der Waals surface area contributed by atoms with E-state index in [0.717, 1.165) is 19.3 Å². The van der Waals surface area contributed by atoms with Crippen molar-refractivity contribution in [3.05, 3.63) is 0 Å². The molecule has 0 amide bonds. The molecule has 0 aliphatic heterocycles. The van der Waals surface area contributed by atoms with Crippen molar-refractivity contribution in [1.82, 2.24) is 0 Å². The minimum Gasteiger partial charge on any atom is -0.481 e. The van der Waals surface area contributed by atoms with Gasteiger partial charge in [0.15, 0.2) is 0 Å². The molecule has 0 aromatic carbocycles. The second kappa shape index (κ2) is 9.89. The SMILES string of the molecule is CCCCCCC(C)(C(CC(=O)O)C(=O)O)C(CC(=O)O)C(=O)O. The van der Waals surface area contributed by atoms with Gasteiger partial charge in [-0.05, 0) is 11.8 Å². The van der Waals surface area contributed by atoms with Gasteiger partial charge in [0.25, 0.3) is 0 Å². The molecule has 8 heteroatoms. The normalized spacial score (nSPS) is 15.9. The predicted molar refractivity (Wildman–Crippen MR) is 83.6 cm³/mol. The summed E-state index contributed by atoms with van der Waals surface area (Å²) in [4.78, 5) is 45.2. The molecule has 4 N–H and O–H groups in total. The Balaban J connectivity index is 5.73. The number of carboxylic acid groups (broad SMARTS) is 4. The van der Waals surface area contributed by atoms with Gasteiger partial charge in [0.05, 0.1) is 24.7 Å². The van der Waals surface area contributed by atoms with E-state index in [2.05, 4.69) is 0 Å². The van der Waals surface area contributed by atoms with Crippen LogP contribution in [0.15, 0.2) is 0 Å². The molecular weight excluding hydrogens is 320 g/mol. The van der Waals surface area contributed by atoms with Crippen LogP contribution in [-0.4, -0.2) is 44.3 Å². The van der Waals surface area contributed by atoms with Crippen molar-refractivity contribution < 1.29 is 39.6 Å². The first kappa shape index (κ1) is 21.9. The van der Waals surface area contributed by atoms with E-state index in [1.165, 1.54) is 6.92 Å². The molecule has 0 rings (SSSR count). The van der Waals surface area contributed by atoms with E-state index in [0.29, 0.717) is 6.42 Å². The molecule has 138 valence electrons. The van der Waals surface area contributed by atoms with Crippen molar-refractivity contribution in [2.24, 2.45) is 17.3 Å². The van der Waals surface area contributed by atoms with Gasteiger partial charge in [-0.25, -0.2) is 0 Å². The van der Waals surface area contributed by atoms with Crippen LogP contribution >= 0.6 is 0 Å². The first-order valence-corrected chi connectivity index (χ1v) is 7.95. The second-order valence-corrected chi connectivity index (χ2v) is 6.29. The van der Waals surface area contributed by atoms with Gasteiger partial charge in [0, 0.05) is 0 Å². The first-order chi connectivity index (χ1) is 11.1. The lowest BCUT2D eigenvalue weighted by atomic mass is 9.63. The van der Waals surface area contributed by atoms with Crippen LogP contribution < -0.4 is 0 Å². The van der Waals surface area contributed by atoms with E-state index in [-0.39, 0.29) is 6.42 Å². The zero-order chi connectivity index (χ0) is 18.9. The minimum atomic E-state index is -1.47. The smallest absolute Gasteiger partial charge is 0.307 e. The average molecular weight is 346 g/mol. The maximum absolute atomic E-state index is 11.6. The summed E-state index contributed by atoms with van der Waals surface area (Å²) in [5.74, 6) is -8.52. The summed E-state index contributed by atoms with van der Waals surface area (Å²) in [5.41, 5.74) is -1.47. The van der Waals surface area contributed by atoms with Crippen molar-refractivity contribution in [3.63, 3.8) is 0 Å². The van der Waals surface area contributed by atoms with Gasteiger partial charge in [-0.2, -0.15) is 0 Å². The number of hydrogen-bond acceptors (Lipinski definition) is 4. The van der Waals surface area contributed by atoms with E-state index >= 15 is 0 Å². The molecule has 0 radical (unpaired) electrons. The fourth-order valence-corrected chi connectivity index (χ4v) is 3.08. The van der Waals surface area contributed by atoms with E-state index in [9.17, 15) is 29.4 Å². The Morgan fingerprint density at radius 2 is 1.21 bits per heavy atom. The third-order valence-corrected chi connectivity index (χ3v) is 4.51. The molecule has 0 saturated carbocycles. The van der Waals surface area contributed by atoms with Gasteiger partial charge in [0.1, 0.15) is 0 Å². The lowest BCUT2D eigenvalue weighted by Gasteiger charge is -2.39. The fraction of sp³-hybridized carbons (Fsp3) is 0.750. The number of carboxylic acids is 4. The Hall–Kier alpha value is -2.12. The topological polar surface area (TPSA) is 149 Å². The van der Waals surface area contributed by atoms with Crippen molar-refractivity contribution >= 4 is 23.9 Å². The third-order valence-electron chi connectivity index (χ3n) is 4.51. The van der Waals surface area contributed by atoms with Crippen LogP contribution in [0.25, 0.3) is 0 Å². The summed E-state index contributed by atoms with van der Waals surface area (Å²) < 4.78 is 0. The fourth-order valence-electron chi connectivity index (χ4n) is 3.08. The van der Waals surface area contributed by atoms with Gasteiger partial charge in [-0.3, -0.25) is 19.2 Å². The van der Waals surface area contributed by atoms with E-state index in [1.807, 2.05) is 6.92 Å². The van der Waals surface area contributed by atoms with Gasteiger partial charge in [-0.15, -0.1) is 0 Å². The average Bonchev–Trinajstić information content (AvgIpc) is 2.45. The molecule has 0 spiro atoms. The molecule has 0 bridgehead atoms. The van der Waals surface area contributed by atoms with E-state index in [1.54, 1.807) is 0 Å². The number of rotatable bonds is 13. The standard InChI is InChI=1S/C16H26O8/c1-3-4-5-6-7-16(2,10(14(21)22)8-12(17)18)11(15(23)24)9-13(19)20/h10-11H,3-9H2,1-2H3,(H,17,18)(H,19,20)(H,21,22)(H,23,24). The molecule has 2 atom stereocenters. The molecule has 0 fully saturated rings. The van der Waals surface area contributed by atoms with Crippen molar-refractivity contribution in [1.29, 1.82) is 0 Å². The van der Waals surface area contributed by atoms with Crippen LogP contribution in [0.3, 0.4) is 0 Å². The molecule has 0 aromatic rings. The summed E-state index contributed by atoms with van der Waals surface area (Å²) >= 11 is 0. The number of aliphatic carboxylic acids is 4. The highest BCUT2D eigenvalue weighted by molar-refractivity contribution is 5.82. The summed E-state index contributed by atoms with van der Waals surface area (Å²) in [6, 6.07) is 0. The second-order valence-electron chi connectivity index (χ2n) is 6.29. The van der Waals surface area contributed by atoms with Crippen molar-refractivity contribution in [2.45, 2.75) is 58.8 Å². The van der Waals surface area contributed by atoms with Crippen LogP contribution in [0.1, 0.15) is 58.8 Å². The maximum Gasteiger partial charge on any atom is 0.307 e. The molecule has 0 aliphatic rings.